The van der Waals surface area contributed by atoms with Crippen LogP contribution in [0.4, 0.5) is 17.1 Å². The van der Waals surface area contributed by atoms with Crippen molar-refractivity contribution >= 4 is 28.9 Å². The van der Waals surface area contributed by atoms with Crippen molar-refractivity contribution in [1.82, 2.24) is 0 Å². The molecule has 2 amide bonds. The molecule has 2 aromatic rings. The summed E-state index contributed by atoms with van der Waals surface area (Å²) in [6, 6.07) is 14.5. The zero-order valence-corrected chi connectivity index (χ0v) is 15.3. The number of hydrogen-bond donors (Lipinski definition) is 3. The summed E-state index contributed by atoms with van der Waals surface area (Å²) >= 11 is 0. The summed E-state index contributed by atoms with van der Waals surface area (Å²) in [5, 5.41) is 8.56. The topological polar surface area (TPSA) is 79.5 Å². The summed E-state index contributed by atoms with van der Waals surface area (Å²) in [5.74, 6) is 0.520. The van der Waals surface area contributed by atoms with Crippen LogP contribution in [0.15, 0.2) is 48.5 Å². The van der Waals surface area contributed by atoms with Gasteiger partial charge < -0.3 is 20.7 Å². The third kappa shape index (κ3) is 6.47. The summed E-state index contributed by atoms with van der Waals surface area (Å²) < 4.78 is 5.71. The number of hydrogen-bond acceptors (Lipinski definition) is 4. The van der Waals surface area contributed by atoms with Gasteiger partial charge >= 0.3 is 0 Å². The third-order valence-corrected chi connectivity index (χ3v) is 3.71. The van der Waals surface area contributed by atoms with Crippen LogP contribution in [0.1, 0.15) is 27.2 Å². The normalized spacial score (nSPS) is 11.3. The summed E-state index contributed by atoms with van der Waals surface area (Å²) in [6.45, 7) is 5.69. The number of carbonyl (C=O) groups excluding carboxylic acids is 2. The molecule has 6 heteroatoms. The van der Waals surface area contributed by atoms with Gasteiger partial charge in [-0.1, -0.05) is 6.92 Å². The fraction of sp³-hybridized carbons (Fsp3) is 0.300. The quantitative estimate of drug-likeness (QED) is 0.671. The van der Waals surface area contributed by atoms with Crippen molar-refractivity contribution in [1.29, 1.82) is 0 Å². The first kappa shape index (κ1) is 19.3. The number of amides is 2. The lowest BCUT2D eigenvalue weighted by Crippen LogP contribution is -2.21. The van der Waals surface area contributed by atoms with Crippen molar-refractivity contribution in [3.05, 3.63) is 48.5 Å². The van der Waals surface area contributed by atoms with Crippen molar-refractivity contribution in [2.24, 2.45) is 0 Å². The average Bonchev–Trinajstić information content (AvgIpc) is 2.62. The van der Waals surface area contributed by atoms with Crippen LogP contribution < -0.4 is 20.7 Å². The molecule has 2 rings (SSSR count). The average molecular weight is 355 g/mol. The van der Waals surface area contributed by atoms with Gasteiger partial charge in [0.2, 0.25) is 11.8 Å². The number of ether oxygens (including phenoxy) is 1. The Morgan fingerprint density at radius 1 is 0.923 bits per heavy atom. The van der Waals surface area contributed by atoms with Gasteiger partial charge in [-0.05, 0) is 61.9 Å². The van der Waals surface area contributed by atoms with Crippen LogP contribution in [0.3, 0.4) is 0 Å². The Morgan fingerprint density at radius 2 is 1.46 bits per heavy atom. The second-order valence-electron chi connectivity index (χ2n) is 6.02. The van der Waals surface area contributed by atoms with E-state index in [1.54, 1.807) is 24.3 Å². The molecule has 0 aliphatic heterocycles. The molecule has 1 atom stereocenters. The Morgan fingerprint density at radius 3 is 2.04 bits per heavy atom. The second-order valence-corrected chi connectivity index (χ2v) is 6.02. The van der Waals surface area contributed by atoms with Gasteiger partial charge in [0.05, 0.1) is 12.6 Å². The van der Waals surface area contributed by atoms with Crippen molar-refractivity contribution in [3.63, 3.8) is 0 Å². The van der Waals surface area contributed by atoms with Gasteiger partial charge in [0, 0.05) is 24.0 Å². The van der Waals surface area contributed by atoms with Crippen LogP contribution in [-0.4, -0.2) is 24.5 Å². The molecule has 0 saturated carbocycles. The molecule has 0 spiro atoms. The van der Waals surface area contributed by atoms with Crippen LogP contribution in [0.5, 0.6) is 5.75 Å². The van der Waals surface area contributed by atoms with Gasteiger partial charge in [0.15, 0.2) is 0 Å². The van der Waals surface area contributed by atoms with Gasteiger partial charge in [-0.25, -0.2) is 0 Å². The zero-order chi connectivity index (χ0) is 18.9. The predicted octanol–water partition coefficient (Wildman–Crippen LogP) is 3.87. The van der Waals surface area contributed by atoms with Crippen molar-refractivity contribution in [2.75, 3.05) is 22.5 Å². The lowest BCUT2D eigenvalue weighted by molar-refractivity contribution is -0.115. The molecule has 2 aromatic carbocycles. The van der Waals surface area contributed by atoms with Crippen LogP contribution >= 0.6 is 0 Å². The molecule has 138 valence electrons. The van der Waals surface area contributed by atoms with E-state index in [9.17, 15) is 9.59 Å². The highest BCUT2D eigenvalue weighted by molar-refractivity contribution is 5.94. The highest BCUT2D eigenvalue weighted by Gasteiger charge is 2.05. The number of benzene rings is 2. The van der Waals surface area contributed by atoms with E-state index in [0.29, 0.717) is 11.4 Å². The minimum absolute atomic E-state index is 0.120. The van der Waals surface area contributed by atoms with E-state index in [4.69, 9.17) is 4.74 Å². The van der Waals surface area contributed by atoms with Gasteiger partial charge in [0.1, 0.15) is 5.75 Å². The highest BCUT2D eigenvalue weighted by atomic mass is 16.5. The molecular formula is C20H25N3O3. The van der Waals surface area contributed by atoms with Crippen LogP contribution in [0.2, 0.25) is 0 Å². The molecule has 6 nitrogen and oxygen atoms in total. The molecule has 1 unspecified atom stereocenters. The maximum Gasteiger partial charge on any atom is 0.243 e. The molecule has 0 bridgehead atoms. The lowest BCUT2D eigenvalue weighted by Gasteiger charge is -2.13. The fourth-order valence-electron chi connectivity index (χ4n) is 2.19. The van der Waals surface area contributed by atoms with E-state index in [0.717, 1.165) is 17.9 Å². The predicted molar refractivity (Wildman–Crippen MR) is 105 cm³/mol. The Kier molecular flexibility index (Phi) is 7.02. The van der Waals surface area contributed by atoms with Crippen LogP contribution in [0.25, 0.3) is 0 Å². The molecule has 0 aliphatic rings. The van der Waals surface area contributed by atoms with Gasteiger partial charge in [0.25, 0.3) is 0 Å². The van der Waals surface area contributed by atoms with E-state index >= 15 is 0 Å². The monoisotopic (exact) mass is 355 g/mol. The molecule has 0 saturated heterocycles. The van der Waals surface area contributed by atoms with E-state index in [1.165, 1.54) is 6.92 Å². The van der Waals surface area contributed by atoms with Gasteiger partial charge in [-0.15, -0.1) is 0 Å². The Hall–Kier alpha value is -3.02. The van der Waals surface area contributed by atoms with E-state index in [-0.39, 0.29) is 24.5 Å². The first-order valence-electron chi connectivity index (χ1n) is 8.64. The molecule has 0 heterocycles. The molecule has 0 aliphatic carbocycles. The van der Waals surface area contributed by atoms with E-state index in [1.807, 2.05) is 31.2 Å². The van der Waals surface area contributed by atoms with Crippen LogP contribution in [-0.2, 0) is 9.59 Å². The van der Waals surface area contributed by atoms with E-state index < -0.39 is 0 Å². The number of anilines is 3. The molecule has 3 N–H and O–H groups in total. The molecule has 0 aromatic heterocycles. The number of carbonyl (C=O) groups is 2. The van der Waals surface area contributed by atoms with Crippen LogP contribution in [0, 0.1) is 0 Å². The molecular weight excluding hydrogens is 330 g/mol. The zero-order valence-electron chi connectivity index (χ0n) is 15.3. The minimum atomic E-state index is -0.147. The first-order chi connectivity index (χ1) is 12.5. The Labute approximate surface area is 153 Å². The number of rotatable bonds is 8. The third-order valence-electron chi connectivity index (χ3n) is 3.71. The fourth-order valence-corrected chi connectivity index (χ4v) is 2.19. The highest BCUT2D eigenvalue weighted by Crippen LogP contribution is 2.18. The number of nitrogens with one attached hydrogen (secondary N) is 3. The van der Waals surface area contributed by atoms with Crippen molar-refractivity contribution in [2.45, 2.75) is 33.3 Å². The SMILES string of the molecule is CCC(C)Oc1ccc(NC(=O)CNc2ccc(NC(C)=O)cc2)cc1. The summed E-state index contributed by atoms with van der Waals surface area (Å²) in [5.41, 5.74) is 2.23. The maximum absolute atomic E-state index is 12.0. The lowest BCUT2D eigenvalue weighted by atomic mass is 10.2. The second kappa shape index (κ2) is 9.46. The summed E-state index contributed by atoms with van der Waals surface area (Å²) in [4.78, 5) is 23.0. The standard InChI is InChI=1S/C20H25N3O3/c1-4-14(2)26-19-11-9-18(10-12-19)23-20(25)13-21-16-5-7-17(8-6-16)22-15(3)24/h5-12,14,21H,4,13H2,1-3H3,(H,22,24)(H,23,25). The van der Waals surface area contributed by atoms with Gasteiger partial charge in [-0.3, -0.25) is 9.59 Å². The minimum Gasteiger partial charge on any atom is -0.491 e. The summed E-state index contributed by atoms with van der Waals surface area (Å²) in [7, 11) is 0. The first-order valence-corrected chi connectivity index (χ1v) is 8.64. The largest absolute Gasteiger partial charge is 0.491 e. The Bertz CT molecular complexity index is 727. The smallest absolute Gasteiger partial charge is 0.243 e. The van der Waals surface area contributed by atoms with Gasteiger partial charge in [-0.2, -0.15) is 0 Å². The maximum atomic E-state index is 12.0. The van der Waals surface area contributed by atoms with E-state index in [2.05, 4.69) is 22.9 Å². The molecule has 0 fully saturated rings. The molecule has 0 radical (unpaired) electrons. The molecule has 26 heavy (non-hydrogen) atoms. The van der Waals surface area contributed by atoms with Crippen molar-refractivity contribution in [3.8, 4) is 5.75 Å². The summed E-state index contributed by atoms with van der Waals surface area (Å²) in [6.07, 6.45) is 1.10. The Balaban J connectivity index is 1.80. The van der Waals surface area contributed by atoms with Crippen molar-refractivity contribution < 1.29 is 14.3 Å².